The van der Waals surface area contributed by atoms with E-state index in [0.717, 1.165) is 32.1 Å². The second kappa shape index (κ2) is 8.26. The van der Waals surface area contributed by atoms with Crippen LogP contribution in [0, 0.1) is 0 Å². The third-order valence-electron chi connectivity index (χ3n) is 5.90. The quantitative estimate of drug-likeness (QED) is 0.436. The second-order valence-corrected chi connectivity index (χ2v) is 8.86. The zero-order chi connectivity index (χ0) is 21.4. The molecule has 1 aliphatic carbocycles. The molecule has 31 heavy (non-hydrogen) atoms. The van der Waals surface area contributed by atoms with Gasteiger partial charge in [-0.25, -0.2) is 9.50 Å². The number of rotatable bonds is 6. The fourth-order valence-electron chi connectivity index (χ4n) is 4.36. The van der Waals surface area contributed by atoms with E-state index in [1.165, 1.54) is 32.1 Å². The van der Waals surface area contributed by atoms with Gasteiger partial charge in [0.2, 0.25) is 5.75 Å². The molecule has 0 spiro atoms. The zero-order valence-electron chi connectivity index (χ0n) is 18.0. The first-order valence-corrected chi connectivity index (χ1v) is 11.4. The Bertz CT molecular complexity index is 1230. The van der Waals surface area contributed by atoms with Gasteiger partial charge in [0.15, 0.2) is 17.1 Å². The lowest BCUT2D eigenvalue weighted by Gasteiger charge is -2.23. The Balaban J connectivity index is 1.57. The summed E-state index contributed by atoms with van der Waals surface area (Å²) in [5.41, 5.74) is 1.77. The Kier molecular flexibility index (Phi) is 5.31. The van der Waals surface area contributed by atoms with Gasteiger partial charge in [0, 0.05) is 22.2 Å². The van der Waals surface area contributed by atoms with E-state index in [-0.39, 0.29) is 0 Å². The third kappa shape index (κ3) is 3.54. The third-order valence-corrected chi connectivity index (χ3v) is 7.00. The number of fused-ring (bicyclic) bond motifs is 2. The highest BCUT2D eigenvalue weighted by Gasteiger charge is 2.20. The first kappa shape index (κ1) is 19.9. The van der Waals surface area contributed by atoms with E-state index in [1.807, 2.05) is 28.9 Å². The lowest BCUT2D eigenvalue weighted by molar-refractivity contribution is 0.327. The van der Waals surface area contributed by atoms with Gasteiger partial charge in [0.25, 0.3) is 0 Å². The molecule has 0 atom stereocenters. The molecule has 7 nitrogen and oxygen atoms in total. The Morgan fingerprint density at radius 3 is 2.55 bits per heavy atom. The molecular formula is C23H26N4O3S. The zero-order valence-corrected chi connectivity index (χ0v) is 18.8. The lowest BCUT2D eigenvalue weighted by Crippen LogP contribution is -2.23. The number of thiophene rings is 1. The highest BCUT2D eigenvalue weighted by atomic mass is 32.1. The molecule has 4 aromatic rings. The van der Waals surface area contributed by atoms with Crippen LogP contribution >= 0.6 is 11.3 Å². The number of hydrogen-bond acceptors (Lipinski definition) is 7. The number of aromatic nitrogens is 3. The largest absolute Gasteiger partial charge is 0.493 e. The van der Waals surface area contributed by atoms with Crippen molar-refractivity contribution in [3.05, 3.63) is 30.5 Å². The van der Waals surface area contributed by atoms with Crippen LogP contribution in [0.1, 0.15) is 32.1 Å². The van der Waals surface area contributed by atoms with Crippen LogP contribution in [-0.4, -0.2) is 42.0 Å². The number of ether oxygens (including phenoxy) is 3. The first-order valence-electron chi connectivity index (χ1n) is 10.6. The van der Waals surface area contributed by atoms with Crippen molar-refractivity contribution in [2.75, 3.05) is 26.6 Å². The predicted molar refractivity (Wildman–Crippen MR) is 124 cm³/mol. The Labute approximate surface area is 185 Å². The summed E-state index contributed by atoms with van der Waals surface area (Å²) in [7, 11) is 4.90. The normalized spacial score (nSPS) is 14.8. The molecule has 1 fully saturated rings. The van der Waals surface area contributed by atoms with Crippen LogP contribution < -0.4 is 19.5 Å². The van der Waals surface area contributed by atoms with E-state index in [4.69, 9.17) is 19.3 Å². The van der Waals surface area contributed by atoms with Crippen molar-refractivity contribution in [3.8, 4) is 27.8 Å². The molecule has 0 radical (unpaired) electrons. The van der Waals surface area contributed by atoms with Crippen LogP contribution in [0.25, 0.3) is 26.3 Å². The fraction of sp³-hybridized carbons (Fsp3) is 0.391. The van der Waals surface area contributed by atoms with E-state index in [2.05, 4.69) is 16.4 Å². The molecule has 0 bridgehead atoms. The van der Waals surface area contributed by atoms with Gasteiger partial charge in [-0.05, 0) is 31.0 Å². The average Bonchev–Trinajstić information content (AvgIpc) is 3.41. The highest BCUT2D eigenvalue weighted by molar-refractivity contribution is 7.22. The summed E-state index contributed by atoms with van der Waals surface area (Å²) >= 11 is 1.65. The van der Waals surface area contributed by atoms with E-state index < -0.39 is 0 Å². The fourth-order valence-corrected chi connectivity index (χ4v) is 5.44. The summed E-state index contributed by atoms with van der Waals surface area (Å²) in [5.74, 6) is 2.80. The van der Waals surface area contributed by atoms with Crippen LogP contribution in [0.2, 0.25) is 0 Å². The Morgan fingerprint density at radius 2 is 1.81 bits per heavy atom. The minimum Gasteiger partial charge on any atom is -0.493 e. The molecule has 0 saturated heterocycles. The summed E-state index contributed by atoms with van der Waals surface area (Å²) in [6.07, 6.45) is 8.19. The van der Waals surface area contributed by atoms with Gasteiger partial charge in [0.1, 0.15) is 11.5 Å². The molecule has 0 amide bonds. The van der Waals surface area contributed by atoms with Crippen LogP contribution in [0.3, 0.4) is 0 Å². The summed E-state index contributed by atoms with van der Waals surface area (Å²) < 4.78 is 19.7. The minimum atomic E-state index is 0.499. The Morgan fingerprint density at radius 1 is 1.00 bits per heavy atom. The number of hydrogen-bond donors (Lipinski definition) is 1. The number of methoxy groups -OCH3 is 3. The molecular weight excluding hydrogens is 412 g/mol. The van der Waals surface area contributed by atoms with Gasteiger partial charge in [-0.2, -0.15) is 0 Å². The molecule has 1 aromatic carbocycles. The van der Waals surface area contributed by atoms with Gasteiger partial charge >= 0.3 is 0 Å². The summed E-state index contributed by atoms with van der Waals surface area (Å²) in [4.78, 5) is 5.62. The SMILES string of the molecule is COc1cc2sc(-c3cnc4ccc(NC5CCCCC5)nn34)cc2c(OC)c1OC. The number of imidazole rings is 1. The minimum absolute atomic E-state index is 0.499. The van der Waals surface area contributed by atoms with Gasteiger partial charge in [0.05, 0.1) is 32.4 Å². The van der Waals surface area contributed by atoms with Crippen molar-refractivity contribution >= 4 is 32.9 Å². The van der Waals surface area contributed by atoms with Gasteiger partial charge < -0.3 is 19.5 Å². The molecule has 3 aromatic heterocycles. The monoisotopic (exact) mass is 438 g/mol. The second-order valence-electron chi connectivity index (χ2n) is 7.78. The number of nitrogens with zero attached hydrogens (tertiary/aromatic N) is 3. The molecule has 3 heterocycles. The summed E-state index contributed by atoms with van der Waals surface area (Å²) in [6.45, 7) is 0. The van der Waals surface area contributed by atoms with E-state index in [9.17, 15) is 0 Å². The maximum Gasteiger partial charge on any atom is 0.204 e. The van der Waals surface area contributed by atoms with E-state index >= 15 is 0 Å². The van der Waals surface area contributed by atoms with Crippen LogP contribution in [-0.2, 0) is 0 Å². The van der Waals surface area contributed by atoms with Crippen LogP contribution in [0.15, 0.2) is 30.5 Å². The van der Waals surface area contributed by atoms with Crippen molar-refractivity contribution in [1.29, 1.82) is 0 Å². The van der Waals surface area contributed by atoms with Crippen molar-refractivity contribution in [2.24, 2.45) is 0 Å². The summed E-state index contributed by atoms with van der Waals surface area (Å²) in [6, 6.07) is 8.62. The van der Waals surface area contributed by atoms with Crippen LogP contribution in [0.4, 0.5) is 5.82 Å². The number of nitrogens with one attached hydrogen (secondary N) is 1. The van der Waals surface area contributed by atoms with Crippen molar-refractivity contribution in [1.82, 2.24) is 14.6 Å². The number of anilines is 1. The maximum atomic E-state index is 5.67. The number of benzene rings is 1. The molecule has 1 N–H and O–H groups in total. The molecule has 0 aliphatic heterocycles. The first-order chi connectivity index (χ1) is 15.2. The van der Waals surface area contributed by atoms with Gasteiger partial charge in [-0.1, -0.05) is 19.3 Å². The molecule has 0 unspecified atom stereocenters. The smallest absolute Gasteiger partial charge is 0.204 e. The maximum absolute atomic E-state index is 5.67. The van der Waals surface area contributed by atoms with Gasteiger partial charge in [-0.3, -0.25) is 0 Å². The molecule has 1 aliphatic rings. The Hall–Kier alpha value is -3.00. The van der Waals surface area contributed by atoms with Crippen molar-refractivity contribution in [3.63, 3.8) is 0 Å². The van der Waals surface area contributed by atoms with Gasteiger partial charge in [-0.15, -0.1) is 16.4 Å². The van der Waals surface area contributed by atoms with E-state index in [0.29, 0.717) is 23.3 Å². The molecule has 8 heteroatoms. The van der Waals surface area contributed by atoms with Crippen molar-refractivity contribution in [2.45, 2.75) is 38.1 Å². The molecule has 5 rings (SSSR count). The predicted octanol–water partition coefficient (Wildman–Crippen LogP) is 5.38. The average molecular weight is 439 g/mol. The van der Waals surface area contributed by atoms with Crippen molar-refractivity contribution < 1.29 is 14.2 Å². The van der Waals surface area contributed by atoms with E-state index in [1.54, 1.807) is 32.7 Å². The topological polar surface area (TPSA) is 69.9 Å². The summed E-state index contributed by atoms with van der Waals surface area (Å²) in [5, 5.41) is 9.44. The highest BCUT2D eigenvalue weighted by Crippen LogP contribution is 2.47. The molecule has 162 valence electrons. The lowest BCUT2D eigenvalue weighted by atomic mass is 9.95. The van der Waals surface area contributed by atoms with Crippen LogP contribution in [0.5, 0.6) is 17.2 Å². The standard InChI is InChI=1S/C23H26N4O3S/c1-28-17-12-18-15(22(29-2)23(17)30-3)11-19(31-18)16-13-24-21-10-9-20(26-27(16)21)25-14-7-5-4-6-8-14/h9-14H,4-8H2,1-3H3,(H,25,26). The molecule has 1 saturated carbocycles.